The van der Waals surface area contributed by atoms with E-state index in [1.165, 1.54) is 0 Å². The zero-order valence-electron chi connectivity index (χ0n) is 12.0. The molecule has 2 N–H and O–H groups in total. The van der Waals surface area contributed by atoms with E-state index in [2.05, 4.69) is 45.1 Å². The van der Waals surface area contributed by atoms with Crippen LogP contribution in [0.25, 0.3) is 22.6 Å². The van der Waals surface area contributed by atoms with Crippen LogP contribution in [-0.4, -0.2) is 30.3 Å². The van der Waals surface area contributed by atoms with Gasteiger partial charge in [0.05, 0.1) is 12.3 Å². The van der Waals surface area contributed by atoms with Crippen molar-refractivity contribution in [1.82, 2.24) is 25.2 Å². The van der Waals surface area contributed by atoms with Gasteiger partial charge >= 0.3 is 0 Å². The van der Waals surface area contributed by atoms with E-state index >= 15 is 0 Å². The van der Waals surface area contributed by atoms with Crippen LogP contribution >= 0.6 is 0 Å². The lowest BCUT2D eigenvalue weighted by Crippen LogP contribution is -2.00. The maximum absolute atomic E-state index is 9.17. The fourth-order valence-corrected chi connectivity index (χ4v) is 2.61. The van der Waals surface area contributed by atoms with Crippen molar-refractivity contribution in [3.05, 3.63) is 41.6 Å². The van der Waals surface area contributed by atoms with E-state index in [9.17, 15) is 5.11 Å². The Labute approximate surface area is 122 Å². The summed E-state index contributed by atoms with van der Waals surface area (Å²) in [6, 6.07) is 9.95. The summed E-state index contributed by atoms with van der Waals surface area (Å²) < 4.78 is 2.22. The number of aromatic nitrogens is 5. The summed E-state index contributed by atoms with van der Waals surface area (Å²) in [6.45, 7) is 5.09. The number of aliphatic hydroxyl groups is 1. The first kappa shape index (κ1) is 13.5. The van der Waals surface area contributed by atoms with Crippen molar-refractivity contribution in [2.24, 2.45) is 0 Å². The Morgan fingerprint density at radius 3 is 2.57 bits per heavy atom. The van der Waals surface area contributed by atoms with Gasteiger partial charge in [0, 0.05) is 17.8 Å². The SMILES string of the molecule is CCn1c(C)cc(-c2nn[nH]n2)c1-c1ccc(CO)cc1. The van der Waals surface area contributed by atoms with Crippen LogP contribution in [0.2, 0.25) is 0 Å². The van der Waals surface area contributed by atoms with Gasteiger partial charge in [0.25, 0.3) is 0 Å². The molecule has 6 heteroatoms. The number of aromatic amines is 1. The number of benzene rings is 1. The van der Waals surface area contributed by atoms with E-state index in [4.69, 9.17) is 0 Å². The predicted molar refractivity (Wildman–Crippen MR) is 79.4 cm³/mol. The normalized spacial score (nSPS) is 11.0. The van der Waals surface area contributed by atoms with Gasteiger partial charge in [0.2, 0.25) is 5.82 Å². The maximum Gasteiger partial charge on any atom is 0.206 e. The highest BCUT2D eigenvalue weighted by Gasteiger charge is 2.18. The van der Waals surface area contributed by atoms with Crippen molar-refractivity contribution in [3.63, 3.8) is 0 Å². The minimum Gasteiger partial charge on any atom is -0.392 e. The van der Waals surface area contributed by atoms with Gasteiger partial charge in [-0.05, 0) is 36.3 Å². The van der Waals surface area contributed by atoms with Crippen molar-refractivity contribution in [2.45, 2.75) is 27.0 Å². The number of hydrogen-bond acceptors (Lipinski definition) is 4. The van der Waals surface area contributed by atoms with Gasteiger partial charge in [-0.1, -0.05) is 24.3 Å². The lowest BCUT2D eigenvalue weighted by Gasteiger charge is -2.11. The van der Waals surface area contributed by atoms with Gasteiger partial charge in [-0.25, -0.2) is 0 Å². The van der Waals surface area contributed by atoms with Crippen LogP contribution in [0.15, 0.2) is 30.3 Å². The standard InChI is InChI=1S/C15H17N5O/c1-3-20-10(2)8-13(15-16-18-19-17-15)14(20)12-6-4-11(9-21)5-7-12/h4-8,21H,3,9H2,1-2H3,(H,16,17,18,19). The van der Waals surface area contributed by atoms with Crippen molar-refractivity contribution in [1.29, 1.82) is 0 Å². The van der Waals surface area contributed by atoms with E-state index in [0.717, 1.165) is 34.6 Å². The Morgan fingerprint density at radius 1 is 1.24 bits per heavy atom. The second-order valence-corrected chi connectivity index (χ2v) is 4.88. The van der Waals surface area contributed by atoms with E-state index in [1.807, 2.05) is 24.3 Å². The molecule has 0 aliphatic carbocycles. The highest BCUT2D eigenvalue weighted by Crippen LogP contribution is 2.33. The molecule has 3 rings (SSSR count). The molecule has 108 valence electrons. The third-order valence-electron chi connectivity index (χ3n) is 3.62. The molecule has 0 aliphatic heterocycles. The quantitative estimate of drug-likeness (QED) is 0.769. The Morgan fingerprint density at radius 2 is 2.00 bits per heavy atom. The molecule has 0 amide bonds. The maximum atomic E-state index is 9.17. The third kappa shape index (κ3) is 2.34. The molecular weight excluding hydrogens is 266 g/mol. The lowest BCUT2D eigenvalue weighted by molar-refractivity contribution is 0.282. The number of hydrogen-bond donors (Lipinski definition) is 2. The Kier molecular flexibility index (Phi) is 3.53. The summed E-state index contributed by atoms with van der Waals surface area (Å²) in [5, 5.41) is 23.5. The van der Waals surface area contributed by atoms with E-state index < -0.39 is 0 Å². The van der Waals surface area contributed by atoms with Crippen LogP contribution in [0.4, 0.5) is 0 Å². The van der Waals surface area contributed by atoms with E-state index in [1.54, 1.807) is 0 Å². The van der Waals surface area contributed by atoms with Crippen molar-refractivity contribution < 1.29 is 5.11 Å². The van der Waals surface area contributed by atoms with Crippen LogP contribution in [0, 0.1) is 6.92 Å². The van der Waals surface area contributed by atoms with Crippen molar-refractivity contribution >= 4 is 0 Å². The first-order valence-corrected chi connectivity index (χ1v) is 6.88. The number of aliphatic hydroxyl groups excluding tert-OH is 1. The van der Waals surface area contributed by atoms with E-state index in [-0.39, 0.29) is 6.61 Å². The van der Waals surface area contributed by atoms with Crippen molar-refractivity contribution in [2.75, 3.05) is 0 Å². The van der Waals surface area contributed by atoms with Crippen LogP contribution < -0.4 is 0 Å². The summed E-state index contributed by atoms with van der Waals surface area (Å²) in [5.74, 6) is 0.589. The molecule has 0 aliphatic rings. The minimum absolute atomic E-state index is 0.0474. The number of nitrogens with zero attached hydrogens (tertiary/aromatic N) is 4. The molecule has 0 saturated carbocycles. The zero-order chi connectivity index (χ0) is 14.8. The van der Waals surface area contributed by atoms with Gasteiger partial charge < -0.3 is 9.67 Å². The molecule has 1 aromatic carbocycles. The number of H-pyrrole nitrogens is 1. The number of rotatable bonds is 4. The third-order valence-corrected chi connectivity index (χ3v) is 3.62. The topological polar surface area (TPSA) is 79.6 Å². The Hall–Kier alpha value is -2.47. The van der Waals surface area contributed by atoms with Gasteiger partial charge in [-0.3, -0.25) is 0 Å². The average molecular weight is 283 g/mol. The van der Waals surface area contributed by atoms with E-state index in [0.29, 0.717) is 5.82 Å². The van der Waals surface area contributed by atoms with Gasteiger partial charge in [-0.2, -0.15) is 5.21 Å². The average Bonchev–Trinajstić information content (AvgIpc) is 3.14. The summed E-state index contributed by atoms with van der Waals surface area (Å²) in [7, 11) is 0. The van der Waals surface area contributed by atoms with Crippen LogP contribution in [-0.2, 0) is 13.2 Å². The highest BCUT2D eigenvalue weighted by atomic mass is 16.3. The summed E-state index contributed by atoms with van der Waals surface area (Å²) >= 11 is 0. The fraction of sp³-hybridized carbons (Fsp3) is 0.267. The Bertz CT molecular complexity index is 728. The molecule has 0 atom stereocenters. The molecule has 0 bridgehead atoms. The molecule has 0 unspecified atom stereocenters. The minimum atomic E-state index is 0.0474. The van der Waals surface area contributed by atoms with Crippen LogP contribution in [0.5, 0.6) is 0 Å². The Balaban J connectivity index is 2.19. The molecule has 0 radical (unpaired) electrons. The number of tetrazole rings is 1. The molecule has 0 spiro atoms. The van der Waals surface area contributed by atoms with Gasteiger partial charge in [0.15, 0.2) is 0 Å². The highest BCUT2D eigenvalue weighted by molar-refractivity contribution is 5.79. The smallest absolute Gasteiger partial charge is 0.206 e. The van der Waals surface area contributed by atoms with Crippen LogP contribution in [0.1, 0.15) is 18.2 Å². The first-order chi connectivity index (χ1) is 10.2. The molecule has 2 aromatic heterocycles. The molecule has 2 heterocycles. The molecule has 21 heavy (non-hydrogen) atoms. The van der Waals surface area contributed by atoms with Crippen molar-refractivity contribution in [3.8, 4) is 22.6 Å². The summed E-state index contributed by atoms with van der Waals surface area (Å²) in [4.78, 5) is 0. The van der Waals surface area contributed by atoms with Gasteiger partial charge in [0.1, 0.15) is 0 Å². The first-order valence-electron chi connectivity index (χ1n) is 6.88. The number of nitrogens with one attached hydrogen (secondary N) is 1. The zero-order valence-corrected chi connectivity index (χ0v) is 12.0. The molecule has 3 aromatic rings. The second-order valence-electron chi connectivity index (χ2n) is 4.88. The van der Waals surface area contributed by atoms with Crippen LogP contribution in [0.3, 0.4) is 0 Å². The molecule has 0 saturated heterocycles. The molecular formula is C15H17N5O. The summed E-state index contributed by atoms with van der Waals surface area (Å²) in [6.07, 6.45) is 0. The van der Waals surface area contributed by atoms with Gasteiger partial charge in [-0.15, -0.1) is 10.2 Å². The summed E-state index contributed by atoms with van der Waals surface area (Å²) in [5.41, 5.74) is 5.15. The largest absolute Gasteiger partial charge is 0.392 e. The lowest BCUT2D eigenvalue weighted by atomic mass is 10.1. The number of aryl methyl sites for hydroxylation is 1. The molecule has 6 nitrogen and oxygen atoms in total. The molecule has 0 fully saturated rings. The predicted octanol–water partition coefficient (Wildman–Crippen LogP) is 2.16. The monoisotopic (exact) mass is 283 g/mol. The second kappa shape index (κ2) is 5.49. The fourth-order valence-electron chi connectivity index (χ4n) is 2.61.